The predicted molar refractivity (Wildman–Crippen MR) is 93.2 cm³/mol. The number of thioether (sulfide) groups is 1. The van der Waals surface area contributed by atoms with Crippen molar-refractivity contribution in [2.24, 2.45) is 7.05 Å². The molecule has 0 aliphatic rings. The van der Waals surface area contributed by atoms with Gasteiger partial charge < -0.3 is 15.1 Å². The molecule has 24 heavy (non-hydrogen) atoms. The molecule has 0 aliphatic heterocycles. The van der Waals surface area contributed by atoms with Gasteiger partial charge in [-0.2, -0.15) is 5.10 Å². The molecule has 0 aromatic carbocycles. The van der Waals surface area contributed by atoms with Gasteiger partial charge in [0, 0.05) is 13.1 Å². The van der Waals surface area contributed by atoms with E-state index in [-0.39, 0.29) is 11.7 Å². The molecule has 10 heteroatoms. The van der Waals surface area contributed by atoms with Crippen LogP contribution in [0.25, 0.3) is 0 Å². The highest BCUT2D eigenvalue weighted by Gasteiger charge is 2.10. The van der Waals surface area contributed by atoms with E-state index in [0.29, 0.717) is 17.5 Å². The van der Waals surface area contributed by atoms with Crippen LogP contribution in [0.3, 0.4) is 0 Å². The fourth-order valence-electron chi connectivity index (χ4n) is 1.95. The van der Waals surface area contributed by atoms with Crippen LogP contribution < -0.4 is 10.6 Å². The van der Waals surface area contributed by atoms with E-state index in [1.54, 1.807) is 18.0 Å². The predicted octanol–water partition coefficient (Wildman–Crippen LogP) is 2.52. The molecule has 0 saturated carbocycles. The first-order chi connectivity index (χ1) is 11.6. The van der Waals surface area contributed by atoms with Gasteiger partial charge in [-0.15, -0.1) is 10.2 Å². The molecule has 0 unspecified atom stereocenters. The monoisotopic (exact) mass is 364 g/mol. The number of carbonyl (C=O) groups excluding carboxylic acids is 1. The van der Waals surface area contributed by atoms with Crippen molar-refractivity contribution < 1.29 is 9.21 Å². The number of carbonyl (C=O) groups is 1. The maximum Gasteiger partial charge on any atom is 0.235 e. The lowest BCUT2D eigenvalue weighted by atomic mass is 10.4. The minimum Gasteiger partial charge on any atom is -0.467 e. The Kier molecular flexibility index (Phi) is 5.16. The molecule has 3 heterocycles. The molecule has 0 spiro atoms. The molecule has 126 valence electrons. The molecule has 0 radical (unpaired) electrons. The molecule has 2 N–H and O–H groups in total. The zero-order chi connectivity index (χ0) is 16.9. The van der Waals surface area contributed by atoms with E-state index in [1.807, 2.05) is 25.1 Å². The maximum atomic E-state index is 12.0. The van der Waals surface area contributed by atoms with E-state index in [0.717, 1.165) is 15.8 Å². The number of nitrogens with zero attached hydrogens (tertiary/aromatic N) is 4. The number of nitrogens with one attached hydrogen (secondary N) is 2. The Morgan fingerprint density at radius 3 is 3.04 bits per heavy atom. The molecular formula is C14H16N6O2S2. The SMILES string of the molecule is Cc1cc(NC(=O)CSc2nnc(NCc3ccco3)s2)n(C)n1. The second kappa shape index (κ2) is 7.49. The topological polar surface area (TPSA) is 97.9 Å². The van der Waals surface area contributed by atoms with Crippen LogP contribution in [-0.4, -0.2) is 31.6 Å². The van der Waals surface area contributed by atoms with Crippen molar-refractivity contribution in [3.63, 3.8) is 0 Å². The summed E-state index contributed by atoms with van der Waals surface area (Å²) < 4.78 is 7.61. The molecule has 0 aliphatic carbocycles. The average molecular weight is 364 g/mol. The fourth-order valence-corrected chi connectivity index (χ4v) is 3.50. The van der Waals surface area contributed by atoms with E-state index in [1.165, 1.54) is 23.1 Å². The zero-order valence-electron chi connectivity index (χ0n) is 13.1. The van der Waals surface area contributed by atoms with Crippen LogP contribution >= 0.6 is 23.1 Å². The quantitative estimate of drug-likeness (QED) is 0.622. The highest BCUT2D eigenvalue weighted by molar-refractivity contribution is 8.01. The van der Waals surface area contributed by atoms with Crippen molar-refractivity contribution in [1.29, 1.82) is 0 Å². The summed E-state index contributed by atoms with van der Waals surface area (Å²) in [6.07, 6.45) is 1.63. The lowest BCUT2D eigenvalue weighted by Crippen LogP contribution is -2.16. The van der Waals surface area contributed by atoms with Crippen molar-refractivity contribution in [2.75, 3.05) is 16.4 Å². The summed E-state index contributed by atoms with van der Waals surface area (Å²) in [5.74, 6) is 1.65. The Morgan fingerprint density at radius 1 is 1.46 bits per heavy atom. The van der Waals surface area contributed by atoms with E-state index in [4.69, 9.17) is 4.42 Å². The Morgan fingerprint density at radius 2 is 2.33 bits per heavy atom. The molecule has 0 bridgehead atoms. The van der Waals surface area contributed by atoms with Gasteiger partial charge >= 0.3 is 0 Å². The van der Waals surface area contributed by atoms with Gasteiger partial charge in [-0.05, 0) is 19.1 Å². The largest absolute Gasteiger partial charge is 0.467 e. The average Bonchev–Trinajstić information content (AvgIpc) is 3.26. The Balaban J connectivity index is 1.46. The molecule has 8 nitrogen and oxygen atoms in total. The summed E-state index contributed by atoms with van der Waals surface area (Å²) in [6, 6.07) is 5.54. The van der Waals surface area contributed by atoms with Crippen LogP contribution in [0.15, 0.2) is 33.2 Å². The van der Waals surface area contributed by atoms with Crippen molar-refractivity contribution in [3.8, 4) is 0 Å². The van der Waals surface area contributed by atoms with Crippen LogP contribution in [0, 0.1) is 6.92 Å². The fraction of sp³-hybridized carbons (Fsp3) is 0.286. The van der Waals surface area contributed by atoms with Gasteiger partial charge in [-0.3, -0.25) is 9.48 Å². The first-order valence-corrected chi connectivity index (χ1v) is 8.93. The number of aromatic nitrogens is 4. The number of furan rings is 1. The molecular weight excluding hydrogens is 348 g/mol. The summed E-state index contributed by atoms with van der Waals surface area (Å²) in [7, 11) is 1.79. The van der Waals surface area contributed by atoms with Gasteiger partial charge in [0.15, 0.2) is 4.34 Å². The molecule has 3 rings (SSSR count). The van der Waals surface area contributed by atoms with Crippen LogP contribution in [0.2, 0.25) is 0 Å². The first kappa shape index (κ1) is 16.5. The second-order valence-electron chi connectivity index (χ2n) is 4.94. The number of hydrogen-bond donors (Lipinski definition) is 2. The van der Waals surface area contributed by atoms with Gasteiger partial charge in [0.2, 0.25) is 11.0 Å². The smallest absolute Gasteiger partial charge is 0.235 e. The highest BCUT2D eigenvalue weighted by Crippen LogP contribution is 2.26. The van der Waals surface area contributed by atoms with Gasteiger partial charge in [-0.25, -0.2) is 0 Å². The van der Waals surface area contributed by atoms with Crippen LogP contribution in [-0.2, 0) is 18.4 Å². The van der Waals surface area contributed by atoms with Gasteiger partial charge in [0.1, 0.15) is 11.6 Å². The minimum atomic E-state index is -0.108. The van der Waals surface area contributed by atoms with Crippen molar-refractivity contribution in [2.45, 2.75) is 17.8 Å². The summed E-state index contributed by atoms with van der Waals surface area (Å²) in [6.45, 7) is 2.43. The van der Waals surface area contributed by atoms with Gasteiger partial charge in [0.25, 0.3) is 0 Å². The second-order valence-corrected chi connectivity index (χ2v) is 7.14. The normalized spacial score (nSPS) is 10.8. The number of aryl methyl sites for hydroxylation is 2. The minimum absolute atomic E-state index is 0.108. The van der Waals surface area contributed by atoms with Crippen LogP contribution in [0.1, 0.15) is 11.5 Å². The van der Waals surface area contributed by atoms with E-state index < -0.39 is 0 Å². The standard InChI is InChI=1S/C14H16N6O2S2/c1-9-6-11(20(2)19-9)16-12(21)8-23-14-18-17-13(24-14)15-7-10-4-3-5-22-10/h3-6H,7-8H2,1-2H3,(H,15,17)(H,16,21). The zero-order valence-corrected chi connectivity index (χ0v) is 14.8. The summed E-state index contributed by atoms with van der Waals surface area (Å²) in [5, 5.41) is 18.9. The number of hydrogen-bond acceptors (Lipinski definition) is 8. The lowest BCUT2D eigenvalue weighted by Gasteiger charge is -2.03. The third kappa shape index (κ3) is 4.36. The van der Waals surface area contributed by atoms with Crippen LogP contribution in [0.4, 0.5) is 10.9 Å². The van der Waals surface area contributed by atoms with E-state index in [9.17, 15) is 4.79 Å². The Bertz CT molecular complexity index is 811. The number of amides is 1. The van der Waals surface area contributed by atoms with Gasteiger partial charge in [-0.1, -0.05) is 23.1 Å². The van der Waals surface area contributed by atoms with Crippen molar-refractivity contribution in [1.82, 2.24) is 20.0 Å². The molecule has 3 aromatic rings. The van der Waals surface area contributed by atoms with E-state index >= 15 is 0 Å². The third-order valence-corrected chi connectivity index (χ3v) is 5.01. The Hall–Kier alpha value is -2.33. The molecule has 0 saturated heterocycles. The first-order valence-electron chi connectivity index (χ1n) is 7.13. The lowest BCUT2D eigenvalue weighted by molar-refractivity contribution is -0.113. The summed E-state index contributed by atoms with van der Waals surface area (Å²) in [5.41, 5.74) is 0.858. The van der Waals surface area contributed by atoms with Crippen LogP contribution in [0.5, 0.6) is 0 Å². The maximum absolute atomic E-state index is 12.0. The van der Waals surface area contributed by atoms with Crippen molar-refractivity contribution in [3.05, 3.63) is 35.9 Å². The molecule has 3 aromatic heterocycles. The molecule has 0 atom stereocenters. The van der Waals surface area contributed by atoms with E-state index in [2.05, 4.69) is 25.9 Å². The molecule has 1 amide bonds. The van der Waals surface area contributed by atoms with Crippen molar-refractivity contribution >= 4 is 40.0 Å². The number of rotatable bonds is 7. The van der Waals surface area contributed by atoms with Gasteiger partial charge in [0.05, 0.1) is 24.3 Å². The number of anilines is 2. The Labute approximate surface area is 146 Å². The third-order valence-electron chi connectivity index (χ3n) is 3.00. The summed E-state index contributed by atoms with van der Waals surface area (Å²) in [4.78, 5) is 12.0. The molecule has 0 fully saturated rings. The highest BCUT2D eigenvalue weighted by atomic mass is 32.2. The summed E-state index contributed by atoms with van der Waals surface area (Å²) >= 11 is 2.75.